The third-order valence-corrected chi connectivity index (χ3v) is 4.42. The molecule has 0 spiro atoms. The lowest BCUT2D eigenvalue weighted by molar-refractivity contribution is -0.121. The number of carbonyl (C=O) groups is 2. The lowest BCUT2D eigenvalue weighted by Crippen LogP contribution is -2.25. The van der Waals surface area contributed by atoms with Gasteiger partial charge in [0.1, 0.15) is 5.78 Å². The van der Waals surface area contributed by atoms with Crippen molar-refractivity contribution in [3.8, 4) is 0 Å². The van der Waals surface area contributed by atoms with Gasteiger partial charge in [-0.05, 0) is 37.7 Å². The first-order chi connectivity index (χ1) is 8.75. The van der Waals surface area contributed by atoms with Gasteiger partial charge in [0.15, 0.2) is 5.78 Å². The average Bonchev–Trinajstić information content (AvgIpc) is 2.79. The summed E-state index contributed by atoms with van der Waals surface area (Å²) in [6.45, 7) is 0. The molecule has 0 saturated heterocycles. The van der Waals surface area contributed by atoms with Gasteiger partial charge in [0.2, 0.25) is 0 Å². The smallest absolute Gasteiger partial charge is 0.166 e. The maximum absolute atomic E-state index is 12.4. The van der Waals surface area contributed by atoms with Gasteiger partial charge >= 0.3 is 0 Å². The highest BCUT2D eigenvalue weighted by molar-refractivity contribution is 6.00. The van der Waals surface area contributed by atoms with Crippen LogP contribution in [0.4, 0.5) is 0 Å². The van der Waals surface area contributed by atoms with Gasteiger partial charge in [-0.15, -0.1) is 0 Å². The molecule has 2 unspecified atom stereocenters. The molecule has 2 atom stereocenters. The average molecular weight is 242 g/mol. The molecule has 1 aromatic rings. The van der Waals surface area contributed by atoms with Gasteiger partial charge in [-0.3, -0.25) is 9.59 Å². The SMILES string of the molecule is O=C1CCCC1CC1CCc2ccccc2C1=O. The van der Waals surface area contributed by atoms with Crippen molar-refractivity contribution in [2.24, 2.45) is 11.8 Å². The molecule has 0 N–H and O–H groups in total. The van der Waals surface area contributed by atoms with E-state index in [0.29, 0.717) is 5.78 Å². The zero-order valence-electron chi connectivity index (χ0n) is 10.5. The van der Waals surface area contributed by atoms with E-state index in [9.17, 15) is 9.59 Å². The summed E-state index contributed by atoms with van der Waals surface area (Å²) < 4.78 is 0. The number of hydrogen-bond donors (Lipinski definition) is 0. The minimum Gasteiger partial charge on any atom is -0.299 e. The summed E-state index contributed by atoms with van der Waals surface area (Å²) >= 11 is 0. The molecule has 18 heavy (non-hydrogen) atoms. The molecule has 2 aliphatic carbocycles. The van der Waals surface area contributed by atoms with Crippen molar-refractivity contribution in [1.29, 1.82) is 0 Å². The fourth-order valence-electron chi connectivity index (χ4n) is 3.36. The van der Waals surface area contributed by atoms with E-state index < -0.39 is 0 Å². The molecule has 3 rings (SSSR count). The highest BCUT2D eigenvalue weighted by Gasteiger charge is 2.33. The van der Waals surface area contributed by atoms with Gasteiger partial charge in [-0.1, -0.05) is 24.3 Å². The molecule has 1 aromatic carbocycles. The van der Waals surface area contributed by atoms with Crippen molar-refractivity contribution in [2.45, 2.75) is 38.5 Å². The number of Topliss-reactive ketones (excluding diaryl/α,β-unsaturated/α-hetero) is 2. The van der Waals surface area contributed by atoms with E-state index in [0.717, 1.165) is 44.1 Å². The van der Waals surface area contributed by atoms with Crippen LogP contribution in [0.1, 0.15) is 48.0 Å². The van der Waals surface area contributed by atoms with Gasteiger partial charge in [0, 0.05) is 23.8 Å². The van der Waals surface area contributed by atoms with Gasteiger partial charge < -0.3 is 0 Å². The Morgan fingerprint density at radius 2 is 1.83 bits per heavy atom. The number of hydrogen-bond acceptors (Lipinski definition) is 2. The molecular formula is C16H18O2. The Labute approximate surface area is 107 Å². The van der Waals surface area contributed by atoms with Crippen LogP contribution in [0.3, 0.4) is 0 Å². The molecule has 0 amide bonds. The van der Waals surface area contributed by atoms with Crippen molar-refractivity contribution in [3.63, 3.8) is 0 Å². The Bertz CT molecular complexity index is 490. The van der Waals surface area contributed by atoms with Crippen LogP contribution >= 0.6 is 0 Å². The van der Waals surface area contributed by atoms with E-state index in [1.165, 1.54) is 5.56 Å². The van der Waals surface area contributed by atoms with Crippen molar-refractivity contribution < 1.29 is 9.59 Å². The predicted molar refractivity (Wildman–Crippen MR) is 69.5 cm³/mol. The lowest BCUT2D eigenvalue weighted by atomic mass is 9.78. The largest absolute Gasteiger partial charge is 0.299 e. The van der Waals surface area contributed by atoms with E-state index in [1.54, 1.807) is 0 Å². The summed E-state index contributed by atoms with van der Waals surface area (Å²) in [5.41, 5.74) is 2.07. The summed E-state index contributed by atoms with van der Waals surface area (Å²) in [6.07, 6.45) is 5.41. The molecule has 0 aliphatic heterocycles. The molecule has 1 fully saturated rings. The number of fused-ring (bicyclic) bond motifs is 1. The summed E-state index contributed by atoms with van der Waals surface area (Å²) in [5.74, 6) is 0.870. The van der Waals surface area contributed by atoms with E-state index in [4.69, 9.17) is 0 Å². The molecule has 2 nitrogen and oxygen atoms in total. The second kappa shape index (κ2) is 4.68. The number of rotatable bonds is 2. The highest BCUT2D eigenvalue weighted by Crippen LogP contribution is 2.34. The van der Waals surface area contributed by atoms with Crippen molar-refractivity contribution >= 4 is 11.6 Å². The fraction of sp³-hybridized carbons (Fsp3) is 0.500. The number of ketones is 2. The van der Waals surface area contributed by atoms with Crippen LogP contribution in [0.15, 0.2) is 24.3 Å². The van der Waals surface area contributed by atoms with Crippen LogP contribution < -0.4 is 0 Å². The summed E-state index contributed by atoms with van der Waals surface area (Å²) in [4.78, 5) is 24.1. The summed E-state index contributed by atoms with van der Waals surface area (Å²) in [5, 5.41) is 0. The highest BCUT2D eigenvalue weighted by atomic mass is 16.1. The molecule has 1 saturated carbocycles. The minimum atomic E-state index is 0.0759. The molecular weight excluding hydrogens is 224 g/mol. The van der Waals surface area contributed by atoms with Crippen LogP contribution in [0, 0.1) is 11.8 Å². The van der Waals surface area contributed by atoms with Gasteiger partial charge in [-0.25, -0.2) is 0 Å². The molecule has 0 radical (unpaired) electrons. The standard InChI is InChI=1S/C16H18O2/c17-15-7-3-5-12(15)10-13-9-8-11-4-1-2-6-14(11)16(13)18/h1-2,4,6,12-13H,3,5,7-10H2. The number of carbonyl (C=O) groups excluding carboxylic acids is 2. The molecule has 0 heterocycles. The van der Waals surface area contributed by atoms with E-state index in [2.05, 4.69) is 0 Å². The third-order valence-electron chi connectivity index (χ3n) is 4.42. The van der Waals surface area contributed by atoms with E-state index >= 15 is 0 Å². The maximum atomic E-state index is 12.4. The van der Waals surface area contributed by atoms with Crippen LogP contribution in [-0.2, 0) is 11.2 Å². The monoisotopic (exact) mass is 242 g/mol. The maximum Gasteiger partial charge on any atom is 0.166 e. The molecule has 2 heteroatoms. The van der Waals surface area contributed by atoms with E-state index in [1.807, 2.05) is 24.3 Å². The Kier molecular flexibility index (Phi) is 3.02. The van der Waals surface area contributed by atoms with Crippen LogP contribution in [0.5, 0.6) is 0 Å². The first-order valence-electron chi connectivity index (χ1n) is 6.90. The van der Waals surface area contributed by atoms with Crippen LogP contribution in [0.25, 0.3) is 0 Å². The van der Waals surface area contributed by atoms with Gasteiger partial charge in [-0.2, -0.15) is 0 Å². The third kappa shape index (κ3) is 2.00. The Hall–Kier alpha value is -1.44. The summed E-state index contributed by atoms with van der Waals surface area (Å²) in [7, 11) is 0. The number of aryl methyl sites for hydroxylation is 1. The van der Waals surface area contributed by atoms with Gasteiger partial charge in [0.25, 0.3) is 0 Å². The number of benzene rings is 1. The van der Waals surface area contributed by atoms with Crippen LogP contribution in [-0.4, -0.2) is 11.6 Å². The predicted octanol–water partition coefficient (Wildman–Crippen LogP) is 3.19. The second-order valence-electron chi connectivity index (χ2n) is 5.55. The topological polar surface area (TPSA) is 34.1 Å². The van der Waals surface area contributed by atoms with E-state index in [-0.39, 0.29) is 17.6 Å². The Morgan fingerprint density at radius 1 is 1.00 bits per heavy atom. The van der Waals surface area contributed by atoms with Crippen molar-refractivity contribution in [2.75, 3.05) is 0 Å². The first-order valence-corrected chi connectivity index (χ1v) is 6.90. The first kappa shape index (κ1) is 11.6. The summed E-state index contributed by atoms with van der Waals surface area (Å²) in [6, 6.07) is 7.90. The van der Waals surface area contributed by atoms with Gasteiger partial charge in [0.05, 0.1) is 0 Å². The second-order valence-corrected chi connectivity index (χ2v) is 5.55. The Balaban J connectivity index is 1.76. The Morgan fingerprint density at radius 3 is 2.61 bits per heavy atom. The minimum absolute atomic E-state index is 0.0759. The molecule has 2 aliphatic rings. The lowest BCUT2D eigenvalue weighted by Gasteiger charge is -2.24. The fourth-order valence-corrected chi connectivity index (χ4v) is 3.36. The van der Waals surface area contributed by atoms with Crippen LogP contribution in [0.2, 0.25) is 0 Å². The zero-order valence-corrected chi connectivity index (χ0v) is 10.5. The quantitative estimate of drug-likeness (QED) is 0.798. The molecule has 94 valence electrons. The normalized spacial score (nSPS) is 27.3. The van der Waals surface area contributed by atoms with Crippen molar-refractivity contribution in [1.82, 2.24) is 0 Å². The van der Waals surface area contributed by atoms with Crippen molar-refractivity contribution in [3.05, 3.63) is 35.4 Å². The zero-order chi connectivity index (χ0) is 12.5. The molecule has 0 bridgehead atoms. The molecule has 0 aromatic heterocycles.